The number of esters is 1. The molecule has 0 fully saturated rings. The molecular weight excluding hydrogens is 400 g/mol. The number of carbonyl (C=O) groups is 1. The molecule has 2 rings (SSSR count). The van der Waals surface area contributed by atoms with Gasteiger partial charge in [-0.2, -0.15) is 11.8 Å². The standard InChI is InChI=1S/C20H23ClN2O2S2/c1-3-25-19(24)17-5-4-6-18(14(17)2)23-20(26)22-11-12-27-13-15-7-9-16(21)10-8-15/h4-10H,3,11-13H2,1-2H3,(H2,22,23,26). The van der Waals surface area contributed by atoms with Gasteiger partial charge in [-0.15, -0.1) is 0 Å². The zero-order chi connectivity index (χ0) is 19.6. The lowest BCUT2D eigenvalue weighted by molar-refractivity contribution is 0.0525. The highest BCUT2D eigenvalue weighted by atomic mass is 35.5. The molecule has 2 N–H and O–H groups in total. The minimum Gasteiger partial charge on any atom is -0.462 e. The van der Waals surface area contributed by atoms with Gasteiger partial charge in [0, 0.05) is 28.8 Å². The average molecular weight is 423 g/mol. The van der Waals surface area contributed by atoms with Crippen LogP contribution in [-0.4, -0.2) is 30.0 Å². The summed E-state index contributed by atoms with van der Waals surface area (Å²) in [5.41, 5.74) is 3.41. The molecule has 0 heterocycles. The average Bonchev–Trinajstić information content (AvgIpc) is 2.65. The molecule has 27 heavy (non-hydrogen) atoms. The Morgan fingerprint density at radius 3 is 2.67 bits per heavy atom. The molecular formula is C20H23ClN2O2S2. The van der Waals surface area contributed by atoms with Gasteiger partial charge in [-0.05, 0) is 61.5 Å². The van der Waals surface area contributed by atoms with Gasteiger partial charge in [0.15, 0.2) is 5.11 Å². The zero-order valence-electron chi connectivity index (χ0n) is 15.4. The number of thioether (sulfide) groups is 1. The number of thiocarbonyl (C=S) groups is 1. The highest BCUT2D eigenvalue weighted by Crippen LogP contribution is 2.20. The molecule has 0 unspecified atom stereocenters. The number of halogens is 1. The summed E-state index contributed by atoms with van der Waals surface area (Å²) in [5.74, 6) is 1.53. The van der Waals surface area contributed by atoms with E-state index in [-0.39, 0.29) is 5.97 Å². The van der Waals surface area contributed by atoms with Crippen LogP contribution in [0.25, 0.3) is 0 Å². The van der Waals surface area contributed by atoms with Crippen LogP contribution in [0.1, 0.15) is 28.4 Å². The molecule has 4 nitrogen and oxygen atoms in total. The number of hydrogen-bond donors (Lipinski definition) is 2. The van der Waals surface area contributed by atoms with Crippen LogP contribution in [0.3, 0.4) is 0 Å². The molecule has 0 aromatic heterocycles. The third kappa shape index (κ3) is 7.05. The lowest BCUT2D eigenvalue weighted by Gasteiger charge is -2.14. The second kappa shape index (κ2) is 11.2. The van der Waals surface area contributed by atoms with Gasteiger partial charge in [-0.1, -0.05) is 29.8 Å². The number of nitrogens with one attached hydrogen (secondary N) is 2. The summed E-state index contributed by atoms with van der Waals surface area (Å²) in [6, 6.07) is 13.3. The first-order chi connectivity index (χ1) is 13.0. The number of anilines is 1. The quantitative estimate of drug-likeness (QED) is 0.353. The summed E-state index contributed by atoms with van der Waals surface area (Å²) in [5, 5.41) is 7.63. The van der Waals surface area contributed by atoms with Gasteiger partial charge in [-0.25, -0.2) is 4.79 Å². The third-order valence-corrected chi connectivity index (χ3v) is 5.32. The SMILES string of the molecule is CCOC(=O)c1cccc(NC(=S)NCCSCc2ccc(Cl)cc2)c1C. The fraction of sp³-hybridized carbons (Fsp3) is 0.300. The van der Waals surface area contributed by atoms with E-state index in [1.165, 1.54) is 5.56 Å². The van der Waals surface area contributed by atoms with E-state index >= 15 is 0 Å². The first kappa shape index (κ1) is 21.5. The molecule has 0 saturated carbocycles. The molecule has 0 bridgehead atoms. The van der Waals surface area contributed by atoms with Crippen LogP contribution in [0, 0.1) is 6.92 Å². The van der Waals surface area contributed by atoms with Crippen LogP contribution in [0.5, 0.6) is 0 Å². The molecule has 0 spiro atoms. The second-order valence-corrected chi connectivity index (χ2v) is 7.71. The van der Waals surface area contributed by atoms with Crippen LogP contribution >= 0.6 is 35.6 Å². The molecule has 0 radical (unpaired) electrons. The Morgan fingerprint density at radius 1 is 1.22 bits per heavy atom. The minimum atomic E-state index is -0.323. The van der Waals surface area contributed by atoms with Crippen LogP contribution in [0.15, 0.2) is 42.5 Å². The van der Waals surface area contributed by atoms with Crippen molar-refractivity contribution in [1.29, 1.82) is 0 Å². The highest BCUT2D eigenvalue weighted by molar-refractivity contribution is 7.98. The van der Waals surface area contributed by atoms with Gasteiger partial charge < -0.3 is 15.4 Å². The highest BCUT2D eigenvalue weighted by Gasteiger charge is 2.13. The maximum absolute atomic E-state index is 12.0. The van der Waals surface area contributed by atoms with Gasteiger partial charge >= 0.3 is 5.97 Å². The van der Waals surface area contributed by atoms with E-state index in [4.69, 9.17) is 28.6 Å². The van der Waals surface area contributed by atoms with Crippen molar-refractivity contribution in [2.24, 2.45) is 0 Å². The fourth-order valence-corrected chi connectivity index (χ4v) is 3.53. The molecule has 0 atom stereocenters. The van der Waals surface area contributed by atoms with Crippen LogP contribution < -0.4 is 10.6 Å². The van der Waals surface area contributed by atoms with Crippen molar-refractivity contribution in [3.8, 4) is 0 Å². The maximum atomic E-state index is 12.0. The molecule has 2 aromatic rings. The molecule has 0 aliphatic rings. The predicted molar refractivity (Wildman–Crippen MR) is 119 cm³/mol. The van der Waals surface area contributed by atoms with Crippen molar-refractivity contribution >= 4 is 52.3 Å². The number of hydrogen-bond acceptors (Lipinski definition) is 4. The van der Waals surface area contributed by atoms with Crippen molar-refractivity contribution in [1.82, 2.24) is 5.32 Å². The van der Waals surface area contributed by atoms with E-state index in [0.717, 1.165) is 34.3 Å². The second-order valence-electron chi connectivity index (χ2n) is 5.76. The normalized spacial score (nSPS) is 10.3. The van der Waals surface area contributed by atoms with Crippen molar-refractivity contribution in [2.75, 3.05) is 24.2 Å². The smallest absolute Gasteiger partial charge is 0.338 e. The Hall–Kier alpha value is -1.76. The number of rotatable bonds is 8. The lowest BCUT2D eigenvalue weighted by atomic mass is 10.1. The first-order valence-corrected chi connectivity index (χ1v) is 10.6. The Morgan fingerprint density at radius 2 is 1.96 bits per heavy atom. The number of benzene rings is 2. The number of carbonyl (C=O) groups excluding carboxylic acids is 1. The van der Waals surface area contributed by atoms with Crippen molar-refractivity contribution in [2.45, 2.75) is 19.6 Å². The molecule has 0 saturated heterocycles. The summed E-state index contributed by atoms with van der Waals surface area (Å²) in [6.45, 7) is 4.77. The Kier molecular flexibility index (Phi) is 8.91. The van der Waals surface area contributed by atoms with Crippen molar-refractivity contribution < 1.29 is 9.53 Å². The van der Waals surface area contributed by atoms with E-state index in [1.54, 1.807) is 13.0 Å². The molecule has 0 aliphatic carbocycles. The van der Waals surface area contributed by atoms with Crippen LogP contribution in [0.4, 0.5) is 5.69 Å². The zero-order valence-corrected chi connectivity index (χ0v) is 17.8. The van der Waals surface area contributed by atoms with E-state index in [2.05, 4.69) is 10.6 Å². The fourth-order valence-electron chi connectivity index (χ4n) is 2.37. The molecule has 0 amide bonds. The molecule has 7 heteroatoms. The summed E-state index contributed by atoms with van der Waals surface area (Å²) in [7, 11) is 0. The van der Waals surface area contributed by atoms with E-state index in [9.17, 15) is 4.79 Å². The summed E-state index contributed by atoms with van der Waals surface area (Å²) in [6.07, 6.45) is 0. The van der Waals surface area contributed by atoms with E-state index in [0.29, 0.717) is 17.3 Å². The summed E-state index contributed by atoms with van der Waals surface area (Å²) in [4.78, 5) is 12.0. The Bertz CT molecular complexity index is 782. The molecule has 144 valence electrons. The van der Waals surface area contributed by atoms with E-state index < -0.39 is 0 Å². The maximum Gasteiger partial charge on any atom is 0.338 e. The van der Waals surface area contributed by atoms with Gasteiger partial charge in [0.1, 0.15) is 0 Å². The summed E-state index contributed by atoms with van der Waals surface area (Å²) >= 11 is 13.1. The van der Waals surface area contributed by atoms with Crippen molar-refractivity contribution in [3.63, 3.8) is 0 Å². The van der Waals surface area contributed by atoms with Gasteiger partial charge in [0.25, 0.3) is 0 Å². The topological polar surface area (TPSA) is 50.4 Å². The largest absolute Gasteiger partial charge is 0.462 e. The first-order valence-electron chi connectivity index (χ1n) is 8.65. The number of ether oxygens (including phenoxy) is 1. The predicted octanol–water partition coefficient (Wildman–Crippen LogP) is 5.04. The molecule has 0 aliphatic heterocycles. The van der Waals surface area contributed by atoms with E-state index in [1.807, 2.05) is 55.1 Å². The van der Waals surface area contributed by atoms with Gasteiger partial charge in [0.05, 0.1) is 12.2 Å². The van der Waals surface area contributed by atoms with Gasteiger partial charge in [0.2, 0.25) is 0 Å². The third-order valence-electron chi connectivity index (χ3n) is 3.79. The molecule has 2 aromatic carbocycles. The monoisotopic (exact) mass is 422 g/mol. The lowest BCUT2D eigenvalue weighted by Crippen LogP contribution is -2.30. The Balaban J connectivity index is 1.76. The minimum absolute atomic E-state index is 0.323. The Labute approximate surface area is 175 Å². The van der Waals surface area contributed by atoms with Crippen LogP contribution in [0.2, 0.25) is 5.02 Å². The van der Waals surface area contributed by atoms with Crippen molar-refractivity contribution in [3.05, 3.63) is 64.2 Å². The van der Waals surface area contributed by atoms with Crippen LogP contribution in [-0.2, 0) is 10.5 Å². The summed E-state index contributed by atoms with van der Waals surface area (Å²) < 4.78 is 5.08. The van der Waals surface area contributed by atoms with Gasteiger partial charge in [-0.3, -0.25) is 0 Å².